The molecule has 2 aromatic rings. The number of aliphatic hydroxyl groups is 2. The number of hydrogen-bond donors (Lipinski definition) is 3. The van der Waals surface area contributed by atoms with Gasteiger partial charge in [0.25, 0.3) is 0 Å². The molecule has 0 unspecified atom stereocenters. The normalized spacial score (nSPS) is 28.8. The number of nitrogens with two attached hydrogens (primary N) is 1. The third-order valence-electron chi connectivity index (χ3n) is 4.05. The van der Waals surface area contributed by atoms with Gasteiger partial charge in [-0.15, -0.1) is 0 Å². The molecule has 10 nitrogen and oxygen atoms in total. The molecule has 0 amide bonds. The maximum absolute atomic E-state index is 11.7. The molecule has 1 saturated heterocycles. The number of nitrogen functional groups attached to an aromatic ring is 1. The van der Waals surface area contributed by atoms with Crippen molar-refractivity contribution in [2.24, 2.45) is 0 Å². The zero-order chi connectivity index (χ0) is 18.2. The fourth-order valence-corrected chi connectivity index (χ4v) is 2.79. The third kappa shape index (κ3) is 2.58. The lowest BCUT2D eigenvalue weighted by Crippen LogP contribution is -2.41. The van der Waals surface area contributed by atoms with Gasteiger partial charge in [0.05, 0.1) is 5.69 Å². The molecular formula is C15H17N5O5. The summed E-state index contributed by atoms with van der Waals surface area (Å²) in [7, 11) is 0. The Labute approximate surface area is 142 Å². The molecule has 0 aromatic carbocycles. The van der Waals surface area contributed by atoms with Crippen LogP contribution in [0.3, 0.4) is 0 Å². The minimum Gasteiger partial charge on any atom is -0.433 e. The first-order valence-electron chi connectivity index (χ1n) is 7.68. The molecule has 1 aliphatic heterocycles. The fourth-order valence-electron chi connectivity index (χ4n) is 2.79. The number of esters is 1. The summed E-state index contributed by atoms with van der Waals surface area (Å²) in [5.74, 6) is -0.424. The molecule has 3 heterocycles. The second kappa shape index (κ2) is 6.29. The maximum Gasteiger partial charge on any atom is 0.308 e. The van der Waals surface area contributed by atoms with Gasteiger partial charge in [-0.2, -0.15) is 10.4 Å². The quantitative estimate of drug-likeness (QED) is 0.617. The van der Waals surface area contributed by atoms with E-state index in [1.807, 2.05) is 6.07 Å². The van der Waals surface area contributed by atoms with Gasteiger partial charge in [0.2, 0.25) is 11.9 Å². The number of aliphatic hydroxyl groups excluding tert-OH is 2. The highest BCUT2D eigenvalue weighted by Crippen LogP contribution is 2.40. The van der Waals surface area contributed by atoms with Gasteiger partial charge < -0.3 is 25.4 Å². The van der Waals surface area contributed by atoms with Crippen LogP contribution in [0.1, 0.15) is 25.5 Å². The molecule has 1 aliphatic rings. The van der Waals surface area contributed by atoms with E-state index >= 15 is 0 Å². The zero-order valence-corrected chi connectivity index (χ0v) is 13.4. The summed E-state index contributed by atoms with van der Waals surface area (Å²) in [5, 5.41) is 34.3. The lowest BCUT2D eigenvalue weighted by Gasteiger charge is -2.23. The first-order valence-corrected chi connectivity index (χ1v) is 7.68. The van der Waals surface area contributed by atoms with Crippen molar-refractivity contribution in [2.75, 3.05) is 5.73 Å². The van der Waals surface area contributed by atoms with Crippen molar-refractivity contribution in [2.45, 2.75) is 43.9 Å². The van der Waals surface area contributed by atoms with Crippen LogP contribution in [0.2, 0.25) is 0 Å². The van der Waals surface area contributed by atoms with Crippen LogP contribution in [-0.2, 0) is 19.9 Å². The van der Waals surface area contributed by atoms with Crippen LogP contribution in [0.5, 0.6) is 0 Å². The average molecular weight is 347 g/mol. The van der Waals surface area contributed by atoms with Gasteiger partial charge in [-0.05, 0) is 18.6 Å². The van der Waals surface area contributed by atoms with Crippen LogP contribution in [0.25, 0.3) is 5.52 Å². The number of anilines is 1. The molecule has 0 aliphatic carbocycles. The average Bonchev–Trinajstić information content (AvgIpc) is 3.12. The minimum absolute atomic E-state index is 0.125. The molecule has 0 radical (unpaired) electrons. The van der Waals surface area contributed by atoms with Crippen LogP contribution < -0.4 is 5.73 Å². The van der Waals surface area contributed by atoms with Crippen molar-refractivity contribution in [1.82, 2.24) is 14.6 Å². The number of rotatable bonds is 4. The van der Waals surface area contributed by atoms with Crippen molar-refractivity contribution >= 4 is 17.3 Å². The van der Waals surface area contributed by atoms with Crippen LogP contribution in [0, 0.1) is 11.3 Å². The molecule has 3 rings (SSSR count). The molecule has 25 heavy (non-hydrogen) atoms. The predicted molar refractivity (Wildman–Crippen MR) is 82.6 cm³/mol. The summed E-state index contributed by atoms with van der Waals surface area (Å²) in [4.78, 5) is 15.5. The Balaban J connectivity index is 2.01. The molecule has 0 saturated carbocycles. The molecule has 0 spiro atoms. The molecule has 4 N–H and O–H groups in total. The van der Waals surface area contributed by atoms with Crippen molar-refractivity contribution in [3.63, 3.8) is 0 Å². The number of carbonyl (C=O) groups is 1. The number of nitrogens with zero attached hydrogens (tertiary/aromatic N) is 4. The Hall–Kier alpha value is -2.74. The summed E-state index contributed by atoms with van der Waals surface area (Å²) in [6.07, 6.45) is -2.87. The van der Waals surface area contributed by atoms with Crippen LogP contribution >= 0.6 is 0 Å². The van der Waals surface area contributed by atoms with E-state index in [4.69, 9.17) is 15.2 Å². The second-order valence-corrected chi connectivity index (χ2v) is 5.67. The van der Waals surface area contributed by atoms with E-state index in [-0.39, 0.29) is 17.9 Å². The molecule has 4 atom stereocenters. The Kier molecular flexibility index (Phi) is 4.30. The Morgan fingerprint density at radius 1 is 1.56 bits per heavy atom. The lowest BCUT2D eigenvalue weighted by atomic mass is 9.93. The van der Waals surface area contributed by atoms with E-state index in [9.17, 15) is 20.3 Å². The Bertz CT molecular complexity index is 846. The number of ether oxygens (including phenoxy) is 2. The van der Waals surface area contributed by atoms with E-state index in [0.717, 1.165) is 0 Å². The highest BCUT2D eigenvalue weighted by atomic mass is 16.7. The van der Waals surface area contributed by atoms with Crippen molar-refractivity contribution in [1.29, 1.82) is 5.26 Å². The van der Waals surface area contributed by atoms with Crippen LogP contribution in [-0.4, -0.2) is 49.3 Å². The molecule has 1 fully saturated rings. The smallest absolute Gasteiger partial charge is 0.308 e. The van der Waals surface area contributed by atoms with Gasteiger partial charge in [-0.3, -0.25) is 4.79 Å². The zero-order valence-electron chi connectivity index (χ0n) is 13.4. The SMILES string of the molecule is CCCC(=O)O[C@H]1O[C@@](C#N)(c2ccc3c(N)ncnn23)[C@H](O)[C@@H]1O. The molecule has 0 bridgehead atoms. The molecule has 132 valence electrons. The monoisotopic (exact) mass is 347 g/mol. The largest absolute Gasteiger partial charge is 0.433 e. The van der Waals surface area contributed by atoms with Crippen molar-refractivity contribution < 1.29 is 24.5 Å². The highest BCUT2D eigenvalue weighted by molar-refractivity contribution is 5.69. The molecule has 10 heteroatoms. The summed E-state index contributed by atoms with van der Waals surface area (Å²) < 4.78 is 11.8. The number of aromatic nitrogens is 3. The summed E-state index contributed by atoms with van der Waals surface area (Å²) in [5.41, 5.74) is 4.33. The number of fused-ring (bicyclic) bond motifs is 1. The Morgan fingerprint density at radius 2 is 2.32 bits per heavy atom. The van der Waals surface area contributed by atoms with E-state index < -0.39 is 30.1 Å². The van der Waals surface area contributed by atoms with Crippen LogP contribution in [0.15, 0.2) is 18.5 Å². The van der Waals surface area contributed by atoms with Crippen molar-refractivity contribution in [3.8, 4) is 6.07 Å². The van der Waals surface area contributed by atoms with Gasteiger partial charge in [0, 0.05) is 6.42 Å². The number of nitriles is 1. The first-order chi connectivity index (χ1) is 11.9. The Morgan fingerprint density at radius 3 is 3.00 bits per heavy atom. The van der Waals surface area contributed by atoms with E-state index in [2.05, 4.69) is 10.1 Å². The standard InChI is InChI=1S/C15H17N5O5/c1-2-3-10(21)24-14-11(22)12(23)15(6-16,25-14)9-5-4-8-13(17)18-7-19-20(8)9/h4-5,7,11-12,14,22-23H,2-3H2,1H3,(H2,17,18,19)/t11-,12+,14-,15-/m0/s1. The summed E-state index contributed by atoms with van der Waals surface area (Å²) >= 11 is 0. The van der Waals surface area contributed by atoms with Gasteiger partial charge in [-0.25, -0.2) is 9.50 Å². The lowest BCUT2D eigenvalue weighted by molar-refractivity contribution is -0.195. The van der Waals surface area contributed by atoms with Crippen LogP contribution in [0.4, 0.5) is 5.82 Å². The van der Waals surface area contributed by atoms with Gasteiger partial charge in [-0.1, -0.05) is 6.92 Å². The highest BCUT2D eigenvalue weighted by Gasteiger charge is 2.59. The number of hydrogen-bond acceptors (Lipinski definition) is 9. The van der Waals surface area contributed by atoms with E-state index in [0.29, 0.717) is 11.9 Å². The van der Waals surface area contributed by atoms with Gasteiger partial charge in [0.15, 0.2) is 5.82 Å². The van der Waals surface area contributed by atoms with Gasteiger partial charge >= 0.3 is 5.97 Å². The first kappa shape index (κ1) is 17.1. The fraction of sp³-hybridized carbons (Fsp3) is 0.467. The third-order valence-corrected chi connectivity index (χ3v) is 4.05. The predicted octanol–water partition coefficient (Wildman–Crippen LogP) is -0.548. The van der Waals surface area contributed by atoms with Gasteiger partial charge in [0.1, 0.15) is 30.1 Å². The van der Waals surface area contributed by atoms with E-state index in [1.165, 1.54) is 16.9 Å². The van der Waals surface area contributed by atoms with E-state index in [1.54, 1.807) is 13.0 Å². The second-order valence-electron chi connectivity index (χ2n) is 5.67. The minimum atomic E-state index is -1.98. The van der Waals surface area contributed by atoms with Crippen molar-refractivity contribution in [3.05, 3.63) is 24.2 Å². The number of carbonyl (C=O) groups excluding carboxylic acids is 1. The molecular weight excluding hydrogens is 330 g/mol. The topological polar surface area (TPSA) is 156 Å². The maximum atomic E-state index is 11.7. The summed E-state index contributed by atoms with van der Waals surface area (Å²) in [6, 6.07) is 4.90. The molecule has 2 aromatic heterocycles. The summed E-state index contributed by atoms with van der Waals surface area (Å²) in [6.45, 7) is 1.79.